The molecule has 0 aliphatic heterocycles. The number of nitrogens with one attached hydrogen (secondary N) is 1. The lowest BCUT2D eigenvalue weighted by atomic mass is 10.1. The van der Waals surface area contributed by atoms with Crippen LogP contribution in [0.4, 0.5) is 4.79 Å². The van der Waals surface area contributed by atoms with Crippen LogP contribution in [0.25, 0.3) is 0 Å². The number of carbonyl (C=O) groups excluding carboxylic acids is 1. The van der Waals surface area contributed by atoms with E-state index in [4.69, 9.17) is 5.73 Å². The van der Waals surface area contributed by atoms with Crippen molar-refractivity contribution in [2.75, 3.05) is 13.2 Å². The molecule has 0 aromatic heterocycles. The molecule has 84 valence electrons. The molecule has 14 heavy (non-hydrogen) atoms. The number of rotatable bonds is 8. The van der Waals surface area contributed by atoms with E-state index in [9.17, 15) is 4.79 Å². The van der Waals surface area contributed by atoms with Crippen molar-refractivity contribution < 1.29 is 9.53 Å². The number of nitrogens with two attached hydrogens (primary N) is 1. The largest absolute Gasteiger partial charge is 0.448 e. The van der Waals surface area contributed by atoms with Crippen LogP contribution in [-0.4, -0.2) is 25.3 Å². The lowest BCUT2D eigenvalue weighted by molar-refractivity contribution is 0.156. The molecule has 3 N–H and O–H groups in total. The van der Waals surface area contributed by atoms with Crippen LogP contribution in [0.15, 0.2) is 0 Å². The molecule has 0 fully saturated rings. The van der Waals surface area contributed by atoms with Crippen molar-refractivity contribution in [1.82, 2.24) is 5.32 Å². The molecule has 0 bridgehead atoms. The number of unbranched alkanes of at least 4 members (excludes halogenated alkanes) is 2. The zero-order chi connectivity index (χ0) is 10.8. The van der Waals surface area contributed by atoms with Gasteiger partial charge in [0.2, 0.25) is 0 Å². The second-order valence-electron chi connectivity index (χ2n) is 3.52. The maximum Gasteiger partial charge on any atom is 0.404 e. The van der Waals surface area contributed by atoms with Gasteiger partial charge in [0.1, 0.15) is 6.61 Å². The highest BCUT2D eigenvalue weighted by atomic mass is 16.5. The van der Waals surface area contributed by atoms with Crippen LogP contribution in [0, 0.1) is 0 Å². The third-order valence-corrected chi connectivity index (χ3v) is 2.08. The summed E-state index contributed by atoms with van der Waals surface area (Å²) in [6, 6.07) is 0.484. The van der Waals surface area contributed by atoms with Crippen molar-refractivity contribution in [3.63, 3.8) is 0 Å². The Labute approximate surface area is 86.2 Å². The molecule has 1 atom stereocenters. The van der Waals surface area contributed by atoms with Gasteiger partial charge in [-0.1, -0.05) is 26.2 Å². The minimum absolute atomic E-state index is 0.355. The Morgan fingerprint density at radius 3 is 2.79 bits per heavy atom. The molecule has 0 saturated carbocycles. The van der Waals surface area contributed by atoms with E-state index in [0.29, 0.717) is 19.2 Å². The molecule has 0 heterocycles. The topological polar surface area (TPSA) is 64.3 Å². The molecule has 0 aliphatic rings. The molecule has 0 aromatic carbocycles. The molecule has 0 saturated heterocycles. The first-order chi connectivity index (χ1) is 6.66. The van der Waals surface area contributed by atoms with Gasteiger partial charge in [-0.2, -0.15) is 0 Å². The summed E-state index contributed by atoms with van der Waals surface area (Å²) in [5.41, 5.74) is 4.82. The molecule has 0 aliphatic carbocycles. The Kier molecular flexibility index (Phi) is 8.33. The van der Waals surface area contributed by atoms with E-state index >= 15 is 0 Å². The molecular formula is C10H22N2O2. The van der Waals surface area contributed by atoms with Crippen LogP contribution in [0.3, 0.4) is 0 Å². The average Bonchev–Trinajstić information content (AvgIpc) is 2.13. The summed E-state index contributed by atoms with van der Waals surface area (Å²) in [4.78, 5) is 10.2. The summed E-state index contributed by atoms with van der Waals surface area (Å²) in [5.74, 6) is 0. The zero-order valence-corrected chi connectivity index (χ0v) is 9.21. The van der Waals surface area contributed by atoms with Gasteiger partial charge in [-0.25, -0.2) is 4.79 Å². The van der Waals surface area contributed by atoms with E-state index < -0.39 is 6.09 Å². The summed E-state index contributed by atoms with van der Waals surface area (Å²) >= 11 is 0. The van der Waals surface area contributed by atoms with Gasteiger partial charge in [0.05, 0.1) is 0 Å². The minimum Gasteiger partial charge on any atom is -0.448 e. The van der Waals surface area contributed by atoms with Crippen molar-refractivity contribution >= 4 is 6.09 Å². The van der Waals surface area contributed by atoms with E-state index in [-0.39, 0.29) is 0 Å². The van der Waals surface area contributed by atoms with Crippen LogP contribution in [0.2, 0.25) is 0 Å². The SMILES string of the molecule is CCCCCC(C)NCCOC(N)=O. The standard InChI is InChI=1S/C10H22N2O2/c1-3-4-5-6-9(2)12-7-8-14-10(11)13/h9,12H,3-8H2,1-2H3,(H2,11,13). The molecule has 0 spiro atoms. The molecule has 0 rings (SSSR count). The molecule has 0 aromatic rings. The highest BCUT2D eigenvalue weighted by molar-refractivity contribution is 5.64. The number of ether oxygens (including phenoxy) is 1. The Hall–Kier alpha value is -0.770. The Morgan fingerprint density at radius 2 is 2.21 bits per heavy atom. The van der Waals surface area contributed by atoms with Crippen LogP contribution in [0.1, 0.15) is 39.5 Å². The predicted octanol–water partition coefficient (Wildman–Crippen LogP) is 1.64. The van der Waals surface area contributed by atoms with Gasteiger partial charge >= 0.3 is 6.09 Å². The summed E-state index contributed by atoms with van der Waals surface area (Å²) < 4.78 is 4.59. The molecular weight excluding hydrogens is 180 g/mol. The number of hydrogen-bond acceptors (Lipinski definition) is 3. The lowest BCUT2D eigenvalue weighted by Gasteiger charge is -2.12. The van der Waals surface area contributed by atoms with Gasteiger partial charge in [-0.05, 0) is 13.3 Å². The van der Waals surface area contributed by atoms with Gasteiger partial charge in [-0.15, -0.1) is 0 Å². The summed E-state index contributed by atoms with van der Waals surface area (Å²) in [5, 5.41) is 3.26. The number of amides is 1. The third kappa shape index (κ3) is 9.32. The van der Waals surface area contributed by atoms with E-state index in [1.54, 1.807) is 0 Å². The number of hydrogen-bond donors (Lipinski definition) is 2. The minimum atomic E-state index is -0.703. The zero-order valence-electron chi connectivity index (χ0n) is 9.21. The van der Waals surface area contributed by atoms with Crippen LogP contribution in [-0.2, 0) is 4.74 Å². The van der Waals surface area contributed by atoms with E-state index in [0.717, 1.165) is 0 Å². The van der Waals surface area contributed by atoms with Crippen molar-refractivity contribution in [3.8, 4) is 0 Å². The Morgan fingerprint density at radius 1 is 1.50 bits per heavy atom. The maximum absolute atomic E-state index is 10.2. The van der Waals surface area contributed by atoms with Gasteiger partial charge in [0.15, 0.2) is 0 Å². The quantitative estimate of drug-likeness (QED) is 0.588. The summed E-state index contributed by atoms with van der Waals surface area (Å²) in [6.45, 7) is 5.36. The van der Waals surface area contributed by atoms with Crippen LogP contribution >= 0.6 is 0 Å². The van der Waals surface area contributed by atoms with E-state index in [1.165, 1.54) is 25.7 Å². The van der Waals surface area contributed by atoms with Gasteiger partial charge in [-0.3, -0.25) is 0 Å². The highest BCUT2D eigenvalue weighted by Gasteiger charge is 2.00. The number of carbonyl (C=O) groups is 1. The summed E-state index contributed by atoms with van der Waals surface area (Å²) in [7, 11) is 0. The second kappa shape index (κ2) is 8.81. The van der Waals surface area contributed by atoms with Crippen molar-refractivity contribution in [2.24, 2.45) is 5.73 Å². The monoisotopic (exact) mass is 202 g/mol. The Balaban J connectivity index is 3.18. The van der Waals surface area contributed by atoms with Gasteiger partial charge in [0.25, 0.3) is 0 Å². The first-order valence-electron chi connectivity index (χ1n) is 5.32. The van der Waals surface area contributed by atoms with E-state index in [2.05, 4.69) is 23.9 Å². The van der Waals surface area contributed by atoms with Gasteiger partial charge < -0.3 is 15.8 Å². The third-order valence-electron chi connectivity index (χ3n) is 2.08. The fraction of sp³-hybridized carbons (Fsp3) is 0.900. The first kappa shape index (κ1) is 13.2. The molecule has 1 amide bonds. The average molecular weight is 202 g/mol. The van der Waals surface area contributed by atoms with Gasteiger partial charge in [0, 0.05) is 12.6 Å². The molecule has 4 heteroatoms. The van der Waals surface area contributed by atoms with E-state index in [1.807, 2.05) is 0 Å². The van der Waals surface area contributed by atoms with Crippen LogP contribution < -0.4 is 11.1 Å². The van der Waals surface area contributed by atoms with Crippen molar-refractivity contribution in [1.29, 1.82) is 0 Å². The fourth-order valence-electron chi connectivity index (χ4n) is 1.26. The molecule has 0 radical (unpaired) electrons. The number of primary amides is 1. The predicted molar refractivity (Wildman–Crippen MR) is 57.1 cm³/mol. The Bertz CT molecular complexity index is 151. The normalized spacial score (nSPS) is 12.4. The maximum atomic E-state index is 10.2. The fourth-order valence-corrected chi connectivity index (χ4v) is 1.26. The summed E-state index contributed by atoms with van der Waals surface area (Å²) in [6.07, 6.45) is 4.25. The van der Waals surface area contributed by atoms with Crippen molar-refractivity contribution in [2.45, 2.75) is 45.6 Å². The lowest BCUT2D eigenvalue weighted by Crippen LogP contribution is -2.30. The molecule has 1 unspecified atom stereocenters. The first-order valence-corrected chi connectivity index (χ1v) is 5.32. The highest BCUT2D eigenvalue weighted by Crippen LogP contribution is 2.02. The smallest absolute Gasteiger partial charge is 0.404 e. The molecule has 4 nitrogen and oxygen atoms in total. The van der Waals surface area contributed by atoms with Crippen LogP contribution in [0.5, 0.6) is 0 Å². The van der Waals surface area contributed by atoms with Crippen molar-refractivity contribution in [3.05, 3.63) is 0 Å². The second-order valence-corrected chi connectivity index (χ2v) is 3.52.